The van der Waals surface area contributed by atoms with Gasteiger partial charge in [0.25, 0.3) is 5.91 Å². The molecule has 180 valence electrons. The summed E-state index contributed by atoms with van der Waals surface area (Å²) in [5.41, 5.74) is 15.0. The maximum atomic E-state index is 13.5. The summed E-state index contributed by atoms with van der Waals surface area (Å²) in [6.45, 7) is 1.31. The number of nitrogens with one attached hydrogen (secondary N) is 3. The molecule has 9 N–H and O–H groups in total. The number of carbonyl (C=O) groups is 2. The van der Waals surface area contributed by atoms with Gasteiger partial charge < -0.3 is 26.6 Å². The summed E-state index contributed by atoms with van der Waals surface area (Å²) < 4.78 is 1.47. The summed E-state index contributed by atoms with van der Waals surface area (Å²) >= 11 is 0. The Bertz CT molecular complexity index is 1370. The van der Waals surface area contributed by atoms with E-state index in [1.54, 1.807) is 6.07 Å². The molecule has 11 nitrogen and oxygen atoms in total. The summed E-state index contributed by atoms with van der Waals surface area (Å²) in [6, 6.07) is 10.4. The topological polar surface area (TPSA) is 178 Å². The molecule has 1 saturated heterocycles. The molecule has 11 heteroatoms. The zero-order valence-corrected chi connectivity index (χ0v) is 18.9. The molecule has 4 atom stereocenters. The highest BCUT2D eigenvalue weighted by molar-refractivity contribution is 5.99. The summed E-state index contributed by atoms with van der Waals surface area (Å²) in [7, 11) is 0. The van der Waals surface area contributed by atoms with Crippen LogP contribution in [-0.2, 0) is 11.2 Å². The van der Waals surface area contributed by atoms with Gasteiger partial charge in [0.2, 0.25) is 11.4 Å². The van der Waals surface area contributed by atoms with Gasteiger partial charge in [0.05, 0.1) is 6.54 Å². The van der Waals surface area contributed by atoms with Gasteiger partial charge in [-0.1, -0.05) is 36.4 Å². The second-order valence-electron chi connectivity index (χ2n) is 9.50. The predicted octanol–water partition coefficient (Wildman–Crippen LogP) is -2.08. The fourth-order valence-electron chi connectivity index (χ4n) is 6.00. The number of nitrogens with zero attached hydrogens (tertiary/aromatic N) is 2. The fraction of sp³-hybridized carbons (Fsp3) is 0.333. The Morgan fingerprint density at radius 3 is 2.66 bits per heavy atom. The van der Waals surface area contributed by atoms with Crippen molar-refractivity contribution in [3.63, 3.8) is 0 Å². The molecule has 3 heterocycles. The number of amides is 1. The minimum Gasteiger partial charge on any atom is -0.370 e. The smallest absolute Gasteiger partial charge is 0.346 e. The van der Waals surface area contributed by atoms with Crippen molar-refractivity contribution in [2.45, 2.75) is 42.9 Å². The standard InChI is InChI=1S/C24H25N7O4/c1-11(32)18-19-23(30-21(25)29-19)24(34,35)17(10-31(23)22(26)28-18)27-20(33)15-8-4-7-14-13-6-3-2-5-12(13)9-16(14)15/h2-8,17-19,34-35H,9-10H2,1H3,(H6,25,26,27,28,29,30,33)/p+1/t17-,18?,19-,23-/m0/s1. The molecule has 1 spiro atoms. The van der Waals surface area contributed by atoms with Gasteiger partial charge in [0.15, 0.2) is 23.8 Å². The highest BCUT2D eigenvalue weighted by atomic mass is 16.5. The molecule has 3 aliphatic heterocycles. The largest absolute Gasteiger partial charge is 0.370 e. The average molecular weight is 477 g/mol. The molecule has 1 fully saturated rings. The molecule has 0 aromatic heterocycles. The maximum Gasteiger partial charge on any atom is 0.346 e. The lowest BCUT2D eigenvalue weighted by molar-refractivity contribution is -0.622. The van der Waals surface area contributed by atoms with Gasteiger partial charge in [0.1, 0.15) is 6.04 Å². The van der Waals surface area contributed by atoms with Crippen LogP contribution in [0, 0.1) is 0 Å². The van der Waals surface area contributed by atoms with E-state index in [1.165, 1.54) is 11.5 Å². The van der Waals surface area contributed by atoms with Crippen molar-refractivity contribution in [2.24, 2.45) is 16.5 Å². The van der Waals surface area contributed by atoms with Gasteiger partial charge in [-0.2, -0.15) is 0 Å². The Labute approximate surface area is 200 Å². The highest BCUT2D eigenvalue weighted by Crippen LogP contribution is 2.42. The lowest BCUT2D eigenvalue weighted by Gasteiger charge is -2.43. The number of hydrogen-bond donors (Lipinski definition) is 7. The third-order valence-corrected chi connectivity index (χ3v) is 7.61. The number of nitrogens with two attached hydrogens (primary N) is 2. The van der Waals surface area contributed by atoms with E-state index < -0.39 is 35.5 Å². The van der Waals surface area contributed by atoms with E-state index in [-0.39, 0.29) is 24.2 Å². The van der Waals surface area contributed by atoms with Crippen LogP contribution in [0.2, 0.25) is 0 Å². The fourth-order valence-corrected chi connectivity index (χ4v) is 6.00. The second-order valence-corrected chi connectivity index (χ2v) is 9.50. The summed E-state index contributed by atoms with van der Waals surface area (Å²) in [5.74, 6) is -3.31. The van der Waals surface area contributed by atoms with Crippen molar-refractivity contribution >= 4 is 23.6 Å². The Hall–Kier alpha value is -3.96. The molecule has 0 bridgehead atoms. The Morgan fingerprint density at radius 2 is 1.89 bits per heavy atom. The third-order valence-electron chi connectivity index (χ3n) is 7.61. The summed E-state index contributed by atoms with van der Waals surface area (Å²) in [5, 5.41) is 31.5. The quantitative estimate of drug-likeness (QED) is 0.166. The molecule has 1 aliphatic carbocycles. The van der Waals surface area contributed by atoms with Crippen molar-refractivity contribution in [3.05, 3.63) is 59.2 Å². The van der Waals surface area contributed by atoms with Crippen molar-refractivity contribution in [2.75, 3.05) is 6.54 Å². The zero-order valence-electron chi connectivity index (χ0n) is 18.9. The molecule has 1 amide bonds. The average Bonchev–Trinajstić information content (AvgIpc) is 3.43. The first-order valence-corrected chi connectivity index (χ1v) is 11.4. The number of carbonyl (C=O) groups excluding carboxylic acids is 2. The number of Topliss-reactive ketones (excluding diaryl/α,β-unsaturated/α-hetero) is 1. The van der Waals surface area contributed by atoms with Crippen LogP contribution in [-0.4, -0.2) is 74.5 Å². The van der Waals surface area contributed by atoms with Crippen LogP contribution in [0.4, 0.5) is 0 Å². The van der Waals surface area contributed by atoms with Crippen LogP contribution in [0.3, 0.4) is 0 Å². The minimum atomic E-state index is -2.57. The predicted molar refractivity (Wildman–Crippen MR) is 126 cm³/mol. The first-order chi connectivity index (χ1) is 16.6. The van der Waals surface area contributed by atoms with Crippen LogP contribution >= 0.6 is 0 Å². The molecule has 0 saturated carbocycles. The van der Waals surface area contributed by atoms with Gasteiger partial charge in [-0.3, -0.25) is 20.6 Å². The Balaban J connectivity index is 1.36. The van der Waals surface area contributed by atoms with Crippen LogP contribution in [0.25, 0.3) is 11.1 Å². The lowest BCUT2D eigenvalue weighted by atomic mass is 9.84. The first-order valence-electron chi connectivity index (χ1n) is 11.4. The van der Waals surface area contributed by atoms with Crippen LogP contribution in [0.15, 0.2) is 47.5 Å². The van der Waals surface area contributed by atoms with Crippen molar-refractivity contribution < 1.29 is 24.4 Å². The monoisotopic (exact) mass is 476 g/mol. The molecular weight excluding hydrogens is 450 g/mol. The van der Waals surface area contributed by atoms with Gasteiger partial charge in [0, 0.05) is 5.56 Å². The molecule has 2 aromatic rings. The number of rotatable bonds is 3. The lowest BCUT2D eigenvalue weighted by Crippen LogP contribution is -2.79. The zero-order chi connectivity index (χ0) is 24.7. The van der Waals surface area contributed by atoms with E-state index in [1.807, 2.05) is 36.4 Å². The SMILES string of the molecule is CC(=O)C1NC(N)=[N+]2C[C@H](NC(=O)c3cccc4c3Cc3ccccc3-4)C(O)(O)[C@@]23NC(N)=N[C@@H]13. The number of benzene rings is 2. The molecule has 6 rings (SSSR count). The summed E-state index contributed by atoms with van der Waals surface area (Å²) in [6.07, 6.45) is 0.609. The normalized spacial score (nSPS) is 29.2. The van der Waals surface area contributed by atoms with Crippen LogP contribution < -0.4 is 27.4 Å². The van der Waals surface area contributed by atoms with E-state index in [9.17, 15) is 19.8 Å². The number of aliphatic hydroxyl groups is 2. The van der Waals surface area contributed by atoms with E-state index >= 15 is 0 Å². The molecule has 4 aliphatic rings. The van der Waals surface area contributed by atoms with E-state index in [0.29, 0.717) is 12.0 Å². The van der Waals surface area contributed by atoms with Gasteiger partial charge in [-0.05, 0) is 41.7 Å². The van der Waals surface area contributed by atoms with E-state index in [2.05, 4.69) is 20.9 Å². The Morgan fingerprint density at radius 1 is 1.14 bits per heavy atom. The van der Waals surface area contributed by atoms with Gasteiger partial charge >= 0.3 is 5.96 Å². The van der Waals surface area contributed by atoms with Crippen molar-refractivity contribution in [3.8, 4) is 11.1 Å². The van der Waals surface area contributed by atoms with Crippen molar-refractivity contribution in [1.29, 1.82) is 0 Å². The van der Waals surface area contributed by atoms with E-state index in [0.717, 1.165) is 22.3 Å². The molecule has 0 radical (unpaired) electrons. The van der Waals surface area contributed by atoms with Gasteiger partial charge in [-0.15, -0.1) is 0 Å². The third kappa shape index (κ3) is 2.73. The highest BCUT2D eigenvalue weighted by Gasteiger charge is 2.75. The molecule has 2 aromatic carbocycles. The second kappa shape index (κ2) is 7.03. The number of fused-ring (bicyclic) bond motifs is 3. The number of ketones is 1. The van der Waals surface area contributed by atoms with E-state index in [4.69, 9.17) is 11.5 Å². The molecule has 35 heavy (non-hydrogen) atoms. The summed E-state index contributed by atoms with van der Waals surface area (Å²) in [4.78, 5) is 30.1. The van der Waals surface area contributed by atoms with Gasteiger partial charge in [-0.25, -0.2) is 9.57 Å². The number of guanidine groups is 2. The maximum absolute atomic E-state index is 13.5. The van der Waals surface area contributed by atoms with Crippen LogP contribution in [0.1, 0.15) is 28.4 Å². The first kappa shape index (κ1) is 21.6. The van der Waals surface area contributed by atoms with Crippen molar-refractivity contribution in [1.82, 2.24) is 16.0 Å². The number of hydrogen-bond acceptors (Lipinski definition) is 9. The number of aliphatic imine (C=N–C) groups is 1. The minimum absolute atomic E-state index is 0.0518. The van der Waals surface area contributed by atoms with Crippen LogP contribution in [0.5, 0.6) is 0 Å². The molecular formula is C24H26N7O4+. The molecule has 1 unspecified atom stereocenters. The Kier molecular flexibility index (Phi) is 4.33.